The Morgan fingerprint density at radius 3 is 2.82 bits per heavy atom. The smallest absolute Gasteiger partial charge is 0.0953 e. The molecule has 1 saturated carbocycles. The summed E-state index contributed by atoms with van der Waals surface area (Å²) in [5, 5.41) is 0. The monoisotopic (exact) mass is 228 g/mol. The second-order valence-electron chi connectivity index (χ2n) is 5.37. The fourth-order valence-corrected chi connectivity index (χ4v) is 2.98. The largest absolute Gasteiger partial charge is 0.501 e. The average molecular weight is 228 g/mol. The first-order chi connectivity index (χ1) is 8.28. The zero-order valence-electron chi connectivity index (χ0n) is 10.8. The molecule has 1 unspecified atom stereocenters. The first-order valence-corrected chi connectivity index (χ1v) is 6.62. The van der Waals surface area contributed by atoms with Crippen LogP contribution in [0.15, 0.2) is 29.5 Å². The number of ether oxygens (including phenoxy) is 1. The Bertz CT molecular complexity index is 464. The Kier molecular flexibility index (Phi) is 2.70. The van der Waals surface area contributed by atoms with Gasteiger partial charge in [-0.2, -0.15) is 0 Å². The fourth-order valence-electron chi connectivity index (χ4n) is 2.98. The maximum absolute atomic E-state index is 5.55. The highest BCUT2D eigenvalue weighted by atomic mass is 16.5. The van der Waals surface area contributed by atoms with Gasteiger partial charge in [-0.1, -0.05) is 23.8 Å². The van der Waals surface area contributed by atoms with Crippen LogP contribution >= 0.6 is 0 Å². The van der Waals surface area contributed by atoms with Gasteiger partial charge in [0.1, 0.15) is 0 Å². The molecule has 1 aromatic rings. The first-order valence-electron chi connectivity index (χ1n) is 6.62. The molecule has 0 amide bonds. The quantitative estimate of drug-likeness (QED) is 0.707. The fraction of sp³-hybridized carbons (Fsp3) is 0.500. The van der Waals surface area contributed by atoms with E-state index in [1.807, 2.05) is 7.11 Å². The molecule has 0 radical (unpaired) electrons. The third kappa shape index (κ3) is 2.11. The molecule has 1 atom stereocenters. The van der Waals surface area contributed by atoms with Gasteiger partial charge >= 0.3 is 0 Å². The van der Waals surface area contributed by atoms with E-state index < -0.39 is 0 Å². The predicted molar refractivity (Wildman–Crippen MR) is 70.1 cm³/mol. The number of fused-ring (bicyclic) bond motifs is 1. The summed E-state index contributed by atoms with van der Waals surface area (Å²) in [6, 6.07) is 6.92. The molecule has 0 spiro atoms. The van der Waals surface area contributed by atoms with E-state index in [-0.39, 0.29) is 0 Å². The molecule has 90 valence electrons. The van der Waals surface area contributed by atoms with Gasteiger partial charge in [0.05, 0.1) is 12.9 Å². The van der Waals surface area contributed by atoms with Crippen molar-refractivity contribution in [3.63, 3.8) is 0 Å². The van der Waals surface area contributed by atoms with Crippen LogP contribution in [0.25, 0.3) is 0 Å². The van der Waals surface area contributed by atoms with E-state index in [4.69, 9.17) is 4.74 Å². The summed E-state index contributed by atoms with van der Waals surface area (Å²) < 4.78 is 5.55. The average Bonchev–Trinajstić information content (AvgIpc) is 3.09. The van der Waals surface area contributed by atoms with Crippen LogP contribution < -0.4 is 0 Å². The molecule has 0 N–H and O–H groups in total. The molecular formula is C16H20O. The van der Waals surface area contributed by atoms with Crippen LogP contribution in [-0.4, -0.2) is 7.11 Å². The van der Waals surface area contributed by atoms with Crippen molar-refractivity contribution in [3.05, 3.63) is 46.2 Å². The predicted octanol–water partition coefficient (Wildman–Crippen LogP) is 4.11. The third-order valence-electron chi connectivity index (χ3n) is 4.07. The van der Waals surface area contributed by atoms with Crippen molar-refractivity contribution in [2.45, 2.75) is 44.9 Å². The normalized spacial score (nSPS) is 21.3. The van der Waals surface area contributed by atoms with Crippen molar-refractivity contribution in [3.8, 4) is 0 Å². The summed E-state index contributed by atoms with van der Waals surface area (Å²) in [7, 11) is 1.83. The van der Waals surface area contributed by atoms with E-state index in [9.17, 15) is 0 Å². The van der Waals surface area contributed by atoms with Gasteiger partial charge in [-0.25, -0.2) is 0 Å². The van der Waals surface area contributed by atoms with E-state index >= 15 is 0 Å². The first kappa shape index (κ1) is 10.9. The number of methoxy groups -OCH3 is 1. The Morgan fingerprint density at radius 1 is 1.29 bits per heavy atom. The van der Waals surface area contributed by atoms with Gasteiger partial charge in [0.2, 0.25) is 0 Å². The van der Waals surface area contributed by atoms with Crippen LogP contribution in [0.3, 0.4) is 0 Å². The third-order valence-corrected chi connectivity index (χ3v) is 4.07. The number of rotatable bonds is 3. The summed E-state index contributed by atoms with van der Waals surface area (Å²) in [5.74, 6) is 1.96. The van der Waals surface area contributed by atoms with Gasteiger partial charge in [0.25, 0.3) is 0 Å². The SMILES string of the molecule is COC(CC1CCc2cc(C)ccc21)=C1CC1. The summed E-state index contributed by atoms with van der Waals surface area (Å²) in [6.07, 6.45) is 6.17. The van der Waals surface area contributed by atoms with Gasteiger partial charge in [0, 0.05) is 6.42 Å². The Morgan fingerprint density at radius 2 is 2.12 bits per heavy atom. The summed E-state index contributed by atoms with van der Waals surface area (Å²) >= 11 is 0. The van der Waals surface area contributed by atoms with Crippen molar-refractivity contribution in [2.24, 2.45) is 0 Å². The lowest BCUT2D eigenvalue weighted by atomic mass is 9.96. The zero-order chi connectivity index (χ0) is 11.8. The standard InChI is InChI=1S/C16H20O/c1-11-3-8-15-13(9-11)6-7-14(15)10-16(17-2)12-4-5-12/h3,8-9,14H,4-7,10H2,1-2H3. The molecule has 1 nitrogen and oxygen atoms in total. The summed E-state index contributed by atoms with van der Waals surface area (Å²) in [5.41, 5.74) is 6.06. The molecule has 0 bridgehead atoms. The van der Waals surface area contributed by atoms with Crippen molar-refractivity contribution in [1.29, 1.82) is 0 Å². The maximum Gasteiger partial charge on any atom is 0.0953 e. The van der Waals surface area contributed by atoms with Crippen molar-refractivity contribution in [2.75, 3.05) is 7.11 Å². The van der Waals surface area contributed by atoms with Gasteiger partial charge in [-0.05, 0) is 55.2 Å². The van der Waals surface area contributed by atoms with E-state index in [0.717, 1.165) is 6.42 Å². The maximum atomic E-state index is 5.55. The zero-order valence-corrected chi connectivity index (χ0v) is 10.8. The minimum atomic E-state index is 0.689. The summed E-state index contributed by atoms with van der Waals surface area (Å²) in [4.78, 5) is 0. The minimum absolute atomic E-state index is 0.689. The number of hydrogen-bond donors (Lipinski definition) is 0. The number of hydrogen-bond acceptors (Lipinski definition) is 1. The van der Waals surface area contributed by atoms with Gasteiger partial charge in [-0.15, -0.1) is 0 Å². The topological polar surface area (TPSA) is 9.23 Å². The van der Waals surface area contributed by atoms with E-state index in [0.29, 0.717) is 5.92 Å². The lowest BCUT2D eigenvalue weighted by molar-refractivity contribution is 0.267. The molecule has 0 saturated heterocycles. The second-order valence-corrected chi connectivity index (χ2v) is 5.37. The van der Waals surface area contributed by atoms with Crippen LogP contribution in [-0.2, 0) is 11.2 Å². The molecule has 2 aliphatic carbocycles. The highest BCUT2D eigenvalue weighted by Gasteiger charge is 2.26. The second kappa shape index (κ2) is 4.21. The molecule has 3 rings (SSSR count). The van der Waals surface area contributed by atoms with Crippen LogP contribution in [0.4, 0.5) is 0 Å². The minimum Gasteiger partial charge on any atom is -0.501 e. The van der Waals surface area contributed by atoms with Crippen molar-refractivity contribution < 1.29 is 4.74 Å². The molecular weight excluding hydrogens is 208 g/mol. The molecule has 1 aromatic carbocycles. The van der Waals surface area contributed by atoms with Crippen LogP contribution in [0.2, 0.25) is 0 Å². The number of aryl methyl sites for hydroxylation is 2. The lowest BCUT2D eigenvalue weighted by Gasteiger charge is -2.14. The Hall–Kier alpha value is -1.24. The number of allylic oxidation sites excluding steroid dienone is 2. The molecule has 0 heterocycles. The van der Waals surface area contributed by atoms with Gasteiger partial charge in [-0.3, -0.25) is 0 Å². The molecule has 17 heavy (non-hydrogen) atoms. The highest BCUT2D eigenvalue weighted by Crippen LogP contribution is 2.41. The molecule has 0 aliphatic heterocycles. The van der Waals surface area contributed by atoms with Crippen molar-refractivity contribution >= 4 is 0 Å². The number of benzene rings is 1. The Balaban J connectivity index is 1.82. The molecule has 1 heteroatoms. The van der Waals surface area contributed by atoms with Crippen molar-refractivity contribution in [1.82, 2.24) is 0 Å². The van der Waals surface area contributed by atoms with E-state index in [1.54, 1.807) is 16.7 Å². The van der Waals surface area contributed by atoms with Gasteiger partial charge in [0.15, 0.2) is 0 Å². The molecule has 1 fully saturated rings. The lowest BCUT2D eigenvalue weighted by Crippen LogP contribution is -1.98. The van der Waals surface area contributed by atoms with Crippen LogP contribution in [0.1, 0.15) is 48.3 Å². The molecule has 0 aromatic heterocycles. The Labute approximate surface area is 103 Å². The van der Waals surface area contributed by atoms with Gasteiger partial charge < -0.3 is 4.74 Å². The highest BCUT2D eigenvalue weighted by molar-refractivity contribution is 5.39. The van der Waals surface area contributed by atoms with Crippen LogP contribution in [0, 0.1) is 6.92 Å². The summed E-state index contributed by atoms with van der Waals surface area (Å²) in [6.45, 7) is 2.18. The van der Waals surface area contributed by atoms with E-state index in [2.05, 4.69) is 25.1 Å². The van der Waals surface area contributed by atoms with E-state index in [1.165, 1.54) is 37.0 Å². The van der Waals surface area contributed by atoms with Crippen LogP contribution in [0.5, 0.6) is 0 Å². The molecule has 2 aliphatic rings.